The molecular formula is C36H48N6O7. The summed E-state index contributed by atoms with van der Waals surface area (Å²) in [5.41, 5.74) is 7.07. The molecule has 1 heterocycles. The average Bonchev–Trinajstić information content (AvgIpc) is 3.02. The van der Waals surface area contributed by atoms with Crippen LogP contribution in [-0.4, -0.2) is 70.7 Å². The van der Waals surface area contributed by atoms with Crippen LogP contribution in [-0.2, 0) is 25.6 Å². The summed E-state index contributed by atoms with van der Waals surface area (Å²) in [6, 6.07) is 16.9. The number of esters is 1. The molecule has 49 heavy (non-hydrogen) atoms. The van der Waals surface area contributed by atoms with Gasteiger partial charge >= 0.3 is 18.2 Å². The van der Waals surface area contributed by atoms with Gasteiger partial charge in [0.25, 0.3) is 5.91 Å². The monoisotopic (exact) mass is 676 g/mol. The molecule has 0 unspecified atom stereocenters. The Bertz CT molecular complexity index is 1610. The molecule has 0 saturated carbocycles. The van der Waals surface area contributed by atoms with Gasteiger partial charge in [-0.2, -0.15) is 0 Å². The lowest BCUT2D eigenvalue weighted by Crippen LogP contribution is -2.45. The summed E-state index contributed by atoms with van der Waals surface area (Å²) in [5.74, 6) is -1.00. The van der Waals surface area contributed by atoms with Gasteiger partial charge in [-0.25, -0.2) is 14.5 Å². The fourth-order valence-corrected chi connectivity index (χ4v) is 4.51. The fraction of sp³-hybridized carbons (Fsp3) is 0.444. The van der Waals surface area contributed by atoms with Crippen LogP contribution in [0.1, 0.15) is 83.1 Å². The van der Waals surface area contributed by atoms with Crippen LogP contribution in [0.2, 0.25) is 0 Å². The third kappa shape index (κ3) is 13.4. The summed E-state index contributed by atoms with van der Waals surface area (Å²) in [4.78, 5) is 59.9. The molecule has 0 radical (unpaired) electrons. The molecule has 3 aromatic rings. The summed E-state index contributed by atoms with van der Waals surface area (Å²) in [6.45, 7) is 11.3. The van der Waals surface area contributed by atoms with E-state index in [1.807, 2.05) is 54.6 Å². The van der Waals surface area contributed by atoms with E-state index in [-0.39, 0.29) is 44.0 Å². The number of aromatic nitrogens is 1. The van der Waals surface area contributed by atoms with Crippen molar-refractivity contribution in [3.05, 3.63) is 71.9 Å². The number of carbonyl (C=O) groups is 4. The molecule has 3 amide bonds. The number of benzene rings is 2. The average molecular weight is 677 g/mol. The molecule has 0 spiro atoms. The lowest BCUT2D eigenvalue weighted by atomic mass is 10.1. The number of aliphatic imine (C=N–C) groups is 1. The van der Waals surface area contributed by atoms with E-state index >= 15 is 0 Å². The van der Waals surface area contributed by atoms with Crippen molar-refractivity contribution < 1.29 is 33.4 Å². The number of nitrogens with one attached hydrogen (secondary N) is 2. The Morgan fingerprint density at radius 1 is 0.857 bits per heavy atom. The number of fused-ring (bicyclic) bond motifs is 1. The molecule has 0 fully saturated rings. The van der Waals surface area contributed by atoms with E-state index in [0.29, 0.717) is 42.6 Å². The summed E-state index contributed by atoms with van der Waals surface area (Å²) in [5, 5.41) is 7.00. The van der Waals surface area contributed by atoms with Crippen molar-refractivity contribution in [2.24, 2.45) is 10.7 Å². The summed E-state index contributed by atoms with van der Waals surface area (Å²) in [6.07, 6.45) is 1.46. The molecule has 13 heteroatoms. The first kappa shape index (κ1) is 38.2. The molecule has 0 saturated heterocycles. The Morgan fingerprint density at radius 3 is 2.22 bits per heavy atom. The van der Waals surface area contributed by atoms with E-state index in [1.165, 1.54) is 6.20 Å². The zero-order valence-corrected chi connectivity index (χ0v) is 29.2. The highest BCUT2D eigenvalue weighted by Gasteiger charge is 2.26. The van der Waals surface area contributed by atoms with Crippen molar-refractivity contribution in [2.45, 2.75) is 85.0 Å². The molecule has 0 bridgehead atoms. The molecular weight excluding hydrogens is 628 g/mol. The maximum absolute atomic E-state index is 13.3. The van der Waals surface area contributed by atoms with Crippen LogP contribution in [0.4, 0.5) is 15.3 Å². The number of guanidine groups is 1. The number of carbonyl (C=O) groups excluding carboxylic acids is 4. The second-order valence-corrected chi connectivity index (χ2v) is 13.3. The lowest BCUT2D eigenvalue weighted by Gasteiger charge is -2.27. The minimum absolute atomic E-state index is 0.118. The van der Waals surface area contributed by atoms with Crippen molar-refractivity contribution >= 4 is 46.6 Å². The number of amides is 3. The van der Waals surface area contributed by atoms with Crippen LogP contribution < -0.4 is 16.4 Å². The largest absolute Gasteiger partial charge is 0.461 e. The Labute approximate surface area is 287 Å². The van der Waals surface area contributed by atoms with E-state index in [0.717, 1.165) is 15.8 Å². The first-order chi connectivity index (χ1) is 23.1. The quantitative estimate of drug-likeness (QED) is 0.0625. The molecule has 264 valence electrons. The van der Waals surface area contributed by atoms with Crippen molar-refractivity contribution in [3.63, 3.8) is 0 Å². The number of unbranched alkanes of at least 4 members (excludes halogenated alkanes) is 1. The predicted octanol–water partition coefficient (Wildman–Crippen LogP) is 6.17. The Morgan fingerprint density at radius 2 is 1.53 bits per heavy atom. The molecule has 0 atom stereocenters. The van der Waals surface area contributed by atoms with Gasteiger partial charge in [0.1, 0.15) is 17.8 Å². The highest BCUT2D eigenvalue weighted by molar-refractivity contribution is 6.07. The standard InChI is InChI=1S/C36H48N6O7/c1-35(2,3)48-33(45)41-32(37)42(34(46)49-36(4,5)6)22-13-12-20-38-30-26-17-10-11-18-28(26)40-23-27(30)31(44)39-21-14-19-29(43)47-24-25-15-8-7-9-16-25/h7-11,15-18,23H,12-14,19-22,24H2,1-6H3,(H,38,40)(H,39,44)(H2,37,41,45). The van der Waals surface area contributed by atoms with Crippen LogP contribution in [0.15, 0.2) is 65.8 Å². The summed E-state index contributed by atoms with van der Waals surface area (Å²) >= 11 is 0. The topological polar surface area (TPSA) is 175 Å². The number of para-hydroxylation sites is 1. The molecule has 13 nitrogen and oxygen atoms in total. The third-order valence-electron chi connectivity index (χ3n) is 6.71. The van der Waals surface area contributed by atoms with Crippen LogP contribution in [0.3, 0.4) is 0 Å². The van der Waals surface area contributed by atoms with Crippen LogP contribution in [0, 0.1) is 0 Å². The second-order valence-electron chi connectivity index (χ2n) is 13.3. The smallest absolute Gasteiger partial charge is 0.437 e. The number of nitrogens with two attached hydrogens (primary N) is 1. The molecule has 1 aromatic heterocycles. The normalized spacial score (nSPS) is 11.8. The summed E-state index contributed by atoms with van der Waals surface area (Å²) < 4.78 is 16.0. The first-order valence-corrected chi connectivity index (χ1v) is 16.3. The number of rotatable bonds is 13. The van der Waals surface area contributed by atoms with Crippen molar-refractivity contribution in [2.75, 3.05) is 25.0 Å². The number of hydrogen-bond acceptors (Lipinski definition) is 9. The predicted molar refractivity (Wildman–Crippen MR) is 188 cm³/mol. The SMILES string of the molecule is CC(C)(C)OC(=O)/N=C(\N)N(CCCCNc1c(C(=O)NCCCC(=O)OCc2ccccc2)cnc2ccccc12)C(=O)OC(C)(C)C. The van der Waals surface area contributed by atoms with Gasteiger partial charge in [0, 0.05) is 37.6 Å². The summed E-state index contributed by atoms with van der Waals surface area (Å²) in [7, 11) is 0. The molecule has 3 rings (SSSR count). The van der Waals surface area contributed by atoms with Crippen molar-refractivity contribution in [1.82, 2.24) is 15.2 Å². The van der Waals surface area contributed by atoms with Gasteiger partial charge in [0.05, 0.1) is 16.8 Å². The van der Waals surface area contributed by atoms with E-state index in [4.69, 9.17) is 19.9 Å². The molecule has 0 aliphatic rings. The number of ether oxygens (including phenoxy) is 3. The maximum atomic E-state index is 13.3. The highest BCUT2D eigenvalue weighted by Crippen LogP contribution is 2.26. The number of pyridine rings is 1. The minimum atomic E-state index is -0.918. The number of nitrogens with zero attached hydrogens (tertiary/aromatic N) is 3. The second kappa shape index (κ2) is 17.8. The van der Waals surface area contributed by atoms with Crippen LogP contribution in [0.5, 0.6) is 0 Å². The van der Waals surface area contributed by atoms with Crippen molar-refractivity contribution in [1.29, 1.82) is 0 Å². The van der Waals surface area contributed by atoms with Gasteiger partial charge < -0.3 is 30.6 Å². The van der Waals surface area contributed by atoms with Gasteiger partial charge in [0.15, 0.2) is 0 Å². The third-order valence-corrected chi connectivity index (χ3v) is 6.71. The zero-order chi connectivity index (χ0) is 36.0. The molecule has 4 N–H and O–H groups in total. The Balaban J connectivity index is 1.60. The Kier molecular flexibility index (Phi) is 13.9. The van der Waals surface area contributed by atoms with E-state index in [9.17, 15) is 19.2 Å². The van der Waals surface area contributed by atoms with E-state index in [1.54, 1.807) is 41.5 Å². The highest BCUT2D eigenvalue weighted by atomic mass is 16.6. The van der Waals surface area contributed by atoms with Gasteiger partial charge in [-0.15, -0.1) is 4.99 Å². The van der Waals surface area contributed by atoms with E-state index in [2.05, 4.69) is 20.6 Å². The number of hydrogen-bond donors (Lipinski definition) is 3. The van der Waals surface area contributed by atoms with E-state index < -0.39 is 23.4 Å². The van der Waals surface area contributed by atoms with Gasteiger partial charge in [-0.3, -0.25) is 14.6 Å². The van der Waals surface area contributed by atoms with Crippen molar-refractivity contribution in [3.8, 4) is 0 Å². The molecule has 0 aliphatic carbocycles. The molecule has 2 aromatic carbocycles. The fourth-order valence-electron chi connectivity index (χ4n) is 4.51. The maximum Gasteiger partial charge on any atom is 0.437 e. The minimum Gasteiger partial charge on any atom is -0.461 e. The van der Waals surface area contributed by atoms with Gasteiger partial charge in [-0.05, 0) is 72.4 Å². The van der Waals surface area contributed by atoms with Crippen LogP contribution >= 0.6 is 0 Å². The Hall–Kier alpha value is -5.20. The zero-order valence-electron chi connectivity index (χ0n) is 29.2. The molecule has 0 aliphatic heterocycles. The van der Waals surface area contributed by atoms with Gasteiger partial charge in [0.2, 0.25) is 5.96 Å². The first-order valence-electron chi connectivity index (χ1n) is 16.3. The van der Waals surface area contributed by atoms with Crippen LogP contribution in [0.25, 0.3) is 10.9 Å². The number of anilines is 1. The lowest BCUT2D eigenvalue weighted by molar-refractivity contribution is -0.145. The van der Waals surface area contributed by atoms with Gasteiger partial charge in [-0.1, -0.05) is 48.5 Å².